The smallest absolute Gasteiger partial charge is 0.122 e. The van der Waals surface area contributed by atoms with E-state index in [0.717, 1.165) is 50.9 Å². The molecule has 0 radical (unpaired) electrons. The highest BCUT2D eigenvalue weighted by Crippen LogP contribution is 2.43. The minimum absolute atomic E-state index is 0.0278. The summed E-state index contributed by atoms with van der Waals surface area (Å²) in [4.78, 5) is 0. The van der Waals surface area contributed by atoms with E-state index in [9.17, 15) is 5.11 Å². The third kappa shape index (κ3) is 6.16. The first-order valence-corrected chi connectivity index (χ1v) is 12.6. The number of aryl methyl sites for hydroxylation is 1. The molecule has 1 aromatic rings. The molecular weight excluding hydrogens is 392 g/mol. The van der Waals surface area contributed by atoms with E-state index in [-0.39, 0.29) is 16.9 Å². The molecule has 0 aromatic heterocycles. The average Bonchev–Trinajstić information content (AvgIpc) is 2.93. The zero-order valence-corrected chi connectivity index (χ0v) is 21.8. The van der Waals surface area contributed by atoms with Gasteiger partial charge >= 0.3 is 0 Å². The zero-order chi connectivity index (χ0) is 23.9. The lowest BCUT2D eigenvalue weighted by atomic mass is 9.68. The predicted octanol–water partition coefficient (Wildman–Crippen LogP) is 8.23. The zero-order valence-electron chi connectivity index (χ0n) is 21.8. The van der Waals surface area contributed by atoms with Gasteiger partial charge in [0, 0.05) is 5.41 Å². The first-order chi connectivity index (χ1) is 15.1. The summed E-state index contributed by atoms with van der Waals surface area (Å²) < 4.78 is 5.93. The van der Waals surface area contributed by atoms with Crippen LogP contribution in [0, 0.1) is 12.3 Å². The summed E-state index contributed by atoms with van der Waals surface area (Å²) in [5, 5.41) is 10.5. The fourth-order valence-corrected chi connectivity index (χ4v) is 4.83. The van der Waals surface area contributed by atoms with E-state index < -0.39 is 0 Å². The Hall–Kier alpha value is -1.80. The fraction of sp³-hybridized carbons (Fsp3) is 0.600. The molecule has 0 bridgehead atoms. The van der Waals surface area contributed by atoms with Crippen LogP contribution in [0.5, 0.6) is 5.75 Å². The monoisotopic (exact) mass is 438 g/mol. The van der Waals surface area contributed by atoms with Gasteiger partial charge in [-0.1, -0.05) is 77.5 Å². The van der Waals surface area contributed by atoms with Crippen LogP contribution in [-0.2, 0) is 5.41 Å². The Bertz CT molecular complexity index is 844. The normalized spacial score (nSPS) is 16.1. The summed E-state index contributed by atoms with van der Waals surface area (Å²) >= 11 is 0. The van der Waals surface area contributed by atoms with Crippen LogP contribution in [0.1, 0.15) is 98.1 Å². The maximum atomic E-state index is 10.5. The third-order valence-corrected chi connectivity index (χ3v) is 7.25. The molecule has 0 heterocycles. The van der Waals surface area contributed by atoms with Crippen molar-refractivity contribution in [1.82, 2.24) is 0 Å². The first kappa shape index (κ1) is 26.5. The molecule has 178 valence electrons. The average molecular weight is 439 g/mol. The Balaban J connectivity index is 2.38. The Morgan fingerprint density at radius 3 is 2.31 bits per heavy atom. The number of aliphatic hydroxyl groups excluding tert-OH is 1. The second kappa shape index (κ2) is 11.4. The van der Waals surface area contributed by atoms with Crippen molar-refractivity contribution in [2.24, 2.45) is 5.41 Å². The summed E-state index contributed by atoms with van der Waals surface area (Å²) in [6, 6.07) is 6.78. The van der Waals surface area contributed by atoms with Crippen LogP contribution in [0.2, 0.25) is 0 Å². The highest BCUT2D eigenvalue weighted by molar-refractivity contribution is 5.48. The van der Waals surface area contributed by atoms with Crippen molar-refractivity contribution in [1.29, 1.82) is 0 Å². The lowest BCUT2D eigenvalue weighted by molar-refractivity contribution is 0.0561. The minimum Gasteiger partial charge on any atom is -0.493 e. The van der Waals surface area contributed by atoms with Crippen molar-refractivity contribution < 1.29 is 9.84 Å². The van der Waals surface area contributed by atoms with E-state index in [1.54, 1.807) is 0 Å². The maximum Gasteiger partial charge on any atom is 0.122 e. The number of aliphatic hydroxyl groups is 1. The van der Waals surface area contributed by atoms with Crippen LogP contribution in [0.3, 0.4) is 0 Å². The number of benzene rings is 1. The van der Waals surface area contributed by atoms with Crippen molar-refractivity contribution in [3.05, 3.63) is 64.3 Å². The number of allylic oxidation sites excluding steroid dienone is 6. The van der Waals surface area contributed by atoms with Gasteiger partial charge in [-0.2, -0.15) is 0 Å². The molecule has 0 spiro atoms. The fourth-order valence-electron chi connectivity index (χ4n) is 4.83. The van der Waals surface area contributed by atoms with Crippen LogP contribution >= 0.6 is 0 Å². The first-order valence-electron chi connectivity index (χ1n) is 12.6. The second-order valence-corrected chi connectivity index (χ2v) is 10.5. The van der Waals surface area contributed by atoms with Gasteiger partial charge in [-0.05, 0) is 86.1 Å². The van der Waals surface area contributed by atoms with Gasteiger partial charge in [-0.25, -0.2) is 0 Å². The standard InChI is InChI=1S/C30H46O2/c1-9-19-32-27-17-16-26(21-23(27)5)30(10-2,11-3)25-14-12-13-24(22(4)20-25)15-18-28(31)29(6,7)8/h12-13,16-17,20-21,28,31H,9-11,14-15,18-19H2,1-8H3. The molecule has 2 nitrogen and oxygen atoms in total. The van der Waals surface area contributed by atoms with Crippen LogP contribution in [0.4, 0.5) is 0 Å². The Labute approximate surface area is 197 Å². The molecule has 1 aromatic carbocycles. The van der Waals surface area contributed by atoms with Gasteiger partial charge < -0.3 is 9.84 Å². The van der Waals surface area contributed by atoms with E-state index >= 15 is 0 Å². The van der Waals surface area contributed by atoms with Gasteiger partial charge in [0.1, 0.15) is 5.75 Å². The predicted molar refractivity (Wildman–Crippen MR) is 138 cm³/mol. The second-order valence-electron chi connectivity index (χ2n) is 10.5. The molecule has 1 N–H and O–H groups in total. The SMILES string of the molecule is CCCOc1ccc(C(CC)(CC)C2=CC(C)=C(CCC(O)C(C)(C)C)C=CC2)cc1C. The van der Waals surface area contributed by atoms with E-state index in [4.69, 9.17) is 4.74 Å². The summed E-state index contributed by atoms with van der Waals surface area (Å²) in [6.07, 6.45) is 12.6. The molecule has 0 saturated heterocycles. The lowest BCUT2D eigenvalue weighted by Gasteiger charge is -2.36. The van der Waals surface area contributed by atoms with Crippen LogP contribution in [0.15, 0.2) is 53.1 Å². The molecule has 1 atom stereocenters. The van der Waals surface area contributed by atoms with Gasteiger partial charge in [-0.3, -0.25) is 0 Å². The quantitative estimate of drug-likeness (QED) is 0.398. The van der Waals surface area contributed by atoms with Crippen LogP contribution in [-0.4, -0.2) is 17.8 Å². The molecule has 32 heavy (non-hydrogen) atoms. The highest BCUT2D eigenvalue weighted by atomic mass is 16.5. The van der Waals surface area contributed by atoms with Gasteiger partial charge in [0.15, 0.2) is 0 Å². The summed E-state index contributed by atoms with van der Waals surface area (Å²) in [7, 11) is 0. The molecule has 2 rings (SSSR count). The summed E-state index contributed by atoms with van der Waals surface area (Å²) in [5.41, 5.74) is 6.74. The van der Waals surface area contributed by atoms with Crippen molar-refractivity contribution in [2.75, 3.05) is 6.61 Å². The Kier molecular flexibility index (Phi) is 9.40. The summed E-state index contributed by atoms with van der Waals surface area (Å²) in [5.74, 6) is 1.00. The minimum atomic E-state index is -0.287. The third-order valence-electron chi connectivity index (χ3n) is 7.25. The molecule has 2 heteroatoms. The number of ether oxygens (including phenoxy) is 1. The van der Waals surface area contributed by atoms with E-state index in [1.807, 2.05) is 0 Å². The molecule has 1 unspecified atom stereocenters. The molecular formula is C30H46O2. The van der Waals surface area contributed by atoms with Crippen molar-refractivity contribution in [3.8, 4) is 5.75 Å². The molecule has 0 aliphatic heterocycles. The number of rotatable bonds is 10. The molecule has 0 amide bonds. The van der Waals surface area contributed by atoms with Gasteiger partial charge in [-0.15, -0.1) is 0 Å². The van der Waals surface area contributed by atoms with E-state index in [1.165, 1.54) is 27.8 Å². The van der Waals surface area contributed by atoms with Gasteiger partial charge in [0.2, 0.25) is 0 Å². The Morgan fingerprint density at radius 1 is 1.06 bits per heavy atom. The van der Waals surface area contributed by atoms with Crippen LogP contribution < -0.4 is 4.74 Å². The Morgan fingerprint density at radius 2 is 1.75 bits per heavy atom. The molecule has 1 aliphatic rings. The molecule has 0 fully saturated rings. The maximum absolute atomic E-state index is 10.5. The highest BCUT2D eigenvalue weighted by Gasteiger charge is 2.33. The number of hydrogen-bond donors (Lipinski definition) is 1. The lowest BCUT2D eigenvalue weighted by Crippen LogP contribution is -2.27. The van der Waals surface area contributed by atoms with Crippen molar-refractivity contribution in [3.63, 3.8) is 0 Å². The summed E-state index contributed by atoms with van der Waals surface area (Å²) in [6.45, 7) is 18.3. The number of hydrogen-bond acceptors (Lipinski definition) is 2. The van der Waals surface area contributed by atoms with Gasteiger partial charge in [0.05, 0.1) is 12.7 Å². The van der Waals surface area contributed by atoms with Gasteiger partial charge in [0.25, 0.3) is 0 Å². The largest absolute Gasteiger partial charge is 0.493 e. The topological polar surface area (TPSA) is 29.5 Å². The van der Waals surface area contributed by atoms with E-state index in [0.29, 0.717) is 0 Å². The van der Waals surface area contributed by atoms with Crippen molar-refractivity contribution >= 4 is 0 Å². The van der Waals surface area contributed by atoms with Crippen LogP contribution in [0.25, 0.3) is 0 Å². The van der Waals surface area contributed by atoms with E-state index in [2.05, 4.69) is 91.8 Å². The van der Waals surface area contributed by atoms with Crippen molar-refractivity contribution in [2.45, 2.75) is 105 Å². The molecule has 0 saturated carbocycles. The molecule has 1 aliphatic carbocycles.